The van der Waals surface area contributed by atoms with Crippen molar-refractivity contribution in [2.75, 3.05) is 13.6 Å². The van der Waals surface area contributed by atoms with Crippen molar-refractivity contribution in [2.45, 2.75) is 43.9 Å². The summed E-state index contributed by atoms with van der Waals surface area (Å²) in [4.78, 5) is 41.5. The Balaban J connectivity index is 1.43. The fourth-order valence-corrected chi connectivity index (χ4v) is 5.32. The average Bonchev–Trinajstić information content (AvgIpc) is 3.16. The number of aliphatic hydroxyl groups is 1. The molecule has 200 valence electrons. The lowest BCUT2D eigenvalue weighted by Gasteiger charge is -2.32. The van der Waals surface area contributed by atoms with E-state index >= 15 is 4.39 Å². The number of nitrogens with one attached hydrogen (secondary N) is 1. The smallest absolute Gasteiger partial charge is 0.330 e. The van der Waals surface area contributed by atoms with Gasteiger partial charge in [-0.3, -0.25) is 19.1 Å². The van der Waals surface area contributed by atoms with Crippen LogP contribution in [0.3, 0.4) is 0 Å². The van der Waals surface area contributed by atoms with Crippen LogP contribution < -0.4 is 16.0 Å². The number of aromatic amines is 1. The summed E-state index contributed by atoms with van der Waals surface area (Å²) in [5.74, 6) is -0.594. The molecule has 2 aliphatic heterocycles. The summed E-state index contributed by atoms with van der Waals surface area (Å²) in [5.41, 5.74) is -0.0989. The topological polar surface area (TPSA) is 114 Å². The second-order valence-corrected chi connectivity index (χ2v) is 10.1. The molecule has 9 nitrogen and oxygen atoms in total. The molecule has 1 saturated heterocycles. The number of H-pyrrole nitrogens is 1. The number of rotatable bonds is 5. The number of hydrogen-bond acceptors (Lipinski definition) is 6. The maximum Gasteiger partial charge on any atom is 0.330 e. The Morgan fingerprint density at radius 2 is 1.74 bits per heavy atom. The number of carbonyl (C=O) groups excluding carboxylic acids is 1. The van der Waals surface area contributed by atoms with Gasteiger partial charge in [0.05, 0.1) is 16.0 Å². The van der Waals surface area contributed by atoms with Gasteiger partial charge in [-0.15, -0.1) is 0 Å². The molecule has 0 unspecified atom stereocenters. The molecule has 0 bridgehead atoms. The van der Waals surface area contributed by atoms with Crippen LogP contribution in [0.1, 0.15) is 35.8 Å². The minimum Gasteiger partial charge on any atom is -0.454 e. The first-order valence-electron chi connectivity index (χ1n) is 11.9. The summed E-state index contributed by atoms with van der Waals surface area (Å²) in [7, 11) is 1.50. The maximum absolute atomic E-state index is 15.1. The minimum absolute atomic E-state index is 0.182. The zero-order valence-corrected chi connectivity index (χ0v) is 21.9. The van der Waals surface area contributed by atoms with E-state index in [2.05, 4.69) is 4.98 Å². The second-order valence-electron chi connectivity index (χ2n) is 9.24. The average molecular weight is 564 g/mol. The zero-order chi connectivity index (χ0) is 27.3. The number of ether oxygens (including phenoxy) is 2. The highest BCUT2D eigenvalue weighted by atomic mass is 35.5. The van der Waals surface area contributed by atoms with Gasteiger partial charge in [-0.1, -0.05) is 54.4 Å². The molecule has 2 aromatic carbocycles. The summed E-state index contributed by atoms with van der Waals surface area (Å²) in [5, 5.41) is 11.2. The molecule has 1 fully saturated rings. The first-order chi connectivity index (χ1) is 18.1. The lowest BCUT2D eigenvalue weighted by atomic mass is 9.86. The number of fused-ring (bicyclic) bond motifs is 2. The van der Waals surface area contributed by atoms with E-state index in [1.807, 2.05) is 0 Å². The molecule has 3 aromatic rings. The van der Waals surface area contributed by atoms with Crippen LogP contribution in [0.15, 0.2) is 52.2 Å². The number of nitrogens with zero attached hydrogens (tertiary/aromatic N) is 2. The Hall–Kier alpha value is -3.18. The third kappa shape index (κ3) is 4.41. The number of aryl methyl sites for hydroxylation is 1. The summed E-state index contributed by atoms with van der Waals surface area (Å²) < 4.78 is 27.8. The van der Waals surface area contributed by atoms with E-state index in [1.54, 1.807) is 43.3 Å². The Morgan fingerprint density at radius 3 is 2.32 bits per heavy atom. The quantitative estimate of drug-likeness (QED) is 0.491. The number of amides is 1. The van der Waals surface area contributed by atoms with Crippen molar-refractivity contribution in [3.8, 4) is 11.5 Å². The largest absolute Gasteiger partial charge is 0.454 e. The fourth-order valence-electron chi connectivity index (χ4n) is 4.88. The van der Waals surface area contributed by atoms with E-state index in [1.165, 1.54) is 18.1 Å². The van der Waals surface area contributed by atoms with Gasteiger partial charge < -0.3 is 19.5 Å². The molecule has 0 spiro atoms. The third-order valence-electron chi connectivity index (χ3n) is 6.89. The Bertz CT molecular complexity index is 1470. The third-order valence-corrected chi connectivity index (χ3v) is 7.48. The molecule has 5 rings (SSSR count). The summed E-state index contributed by atoms with van der Waals surface area (Å²) in [6, 6.07) is 10.1. The molecule has 1 amide bonds. The van der Waals surface area contributed by atoms with Gasteiger partial charge in [0.1, 0.15) is 23.7 Å². The fraction of sp³-hybridized carbons (Fsp3) is 0.346. The first-order valence-corrected chi connectivity index (χ1v) is 12.7. The van der Waals surface area contributed by atoms with Gasteiger partial charge in [-0.25, -0.2) is 9.18 Å². The molecular formula is C26H24Cl2FN3O6. The first kappa shape index (κ1) is 26.4. The van der Waals surface area contributed by atoms with Crippen molar-refractivity contribution in [3.05, 3.63) is 90.2 Å². The van der Waals surface area contributed by atoms with Gasteiger partial charge in [0.2, 0.25) is 5.91 Å². The van der Waals surface area contributed by atoms with Gasteiger partial charge in [-0.2, -0.15) is 0 Å². The molecule has 0 radical (unpaired) electrons. The number of alkyl halides is 1. The molecular weight excluding hydrogens is 540 g/mol. The highest BCUT2D eigenvalue weighted by molar-refractivity contribution is 6.33. The van der Waals surface area contributed by atoms with Crippen molar-refractivity contribution in [1.82, 2.24) is 14.5 Å². The molecule has 3 heterocycles. The van der Waals surface area contributed by atoms with Gasteiger partial charge in [0.15, 0.2) is 12.4 Å². The van der Waals surface area contributed by atoms with Crippen LogP contribution in [-0.2, 0) is 16.0 Å². The molecule has 38 heavy (non-hydrogen) atoms. The Labute approximate surface area is 226 Å². The Morgan fingerprint density at radius 1 is 1.13 bits per heavy atom. The van der Waals surface area contributed by atoms with Crippen LogP contribution in [0.2, 0.25) is 10.0 Å². The molecule has 0 aliphatic carbocycles. The highest BCUT2D eigenvalue weighted by Gasteiger charge is 2.47. The second kappa shape index (κ2) is 10.2. The zero-order valence-electron chi connectivity index (χ0n) is 20.4. The van der Waals surface area contributed by atoms with Crippen molar-refractivity contribution >= 4 is 29.1 Å². The van der Waals surface area contributed by atoms with Crippen molar-refractivity contribution in [2.24, 2.45) is 0 Å². The highest BCUT2D eigenvalue weighted by Crippen LogP contribution is 2.50. The standard InChI is InChI=1S/C26H24Cl2FN3O6/c1-3-12-10-32(26(36)30-23(12)34)25-19(29)20(33)17(37-25)11-31(2)24(35)18-13-6-4-8-15(27)21(13)38-22-14(18)7-5-9-16(22)28/h4-10,17-20,25,33H,3,11H2,1-2H3,(H,30,34,36)/t17-,19+,20-,25-/m1/s1. The van der Waals surface area contributed by atoms with Crippen LogP contribution in [-0.4, -0.2) is 57.4 Å². The number of para-hydroxylation sites is 2. The number of aromatic nitrogens is 2. The van der Waals surface area contributed by atoms with Crippen molar-refractivity contribution in [3.63, 3.8) is 0 Å². The van der Waals surface area contributed by atoms with E-state index in [-0.39, 0.29) is 18.0 Å². The minimum atomic E-state index is -1.97. The van der Waals surface area contributed by atoms with Crippen LogP contribution in [0, 0.1) is 0 Å². The lowest BCUT2D eigenvalue weighted by Crippen LogP contribution is -2.42. The lowest BCUT2D eigenvalue weighted by molar-refractivity contribution is -0.133. The van der Waals surface area contributed by atoms with Crippen LogP contribution in [0.25, 0.3) is 0 Å². The van der Waals surface area contributed by atoms with E-state index < -0.39 is 41.8 Å². The number of halogens is 3. The number of likely N-dealkylation sites (N-methyl/N-ethyl adjacent to an activating group) is 1. The van der Waals surface area contributed by atoms with Crippen molar-refractivity contribution in [1.29, 1.82) is 0 Å². The van der Waals surface area contributed by atoms with E-state index in [4.69, 9.17) is 32.7 Å². The summed E-state index contributed by atoms with van der Waals surface area (Å²) in [6.07, 6.45) is -4.69. The number of aliphatic hydroxyl groups excluding tert-OH is 1. The Kier molecular flexibility index (Phi) is 7.08. The van der Waals surface area contributed by atoms with E-state index in [0.29, 0.717) is 39.1 Å². The predicted molar refractivity (Wildman–Crippen MR) is 138 cm³/mol. The SMILES string of the molecule is CCc1cn([C@@H]2O[C@H](CN(C)C(=O)C3c4cccc(Cl)c4Oc4c(Cl)cccc43)[C@@H](O)[C@@H]2F)c(=O)[nH]c1=O. The van der Waals surface area contributed by atoms with Crippen LogP contribution in [0.4, 0.5) is 4.39 Å². The monoisotopic (exact) mass is 563 g/mol. The van der Waals surface area contributed by atoms with Gasteiger partial charge in [0, 0.05) is 36.5 Å². The normalized spacial score (nSPS) is 22.5. The summed E-state index contributed by atoms with van der Waals surface area (Å²) >= 11 is 12.7. The van der Waals surface area contributed by atoms with Crippen molar-refractivity contribution < 1.29 is 23.8 Å². The van der Waals surface area contributed by atoms with Crippen LogP contribution >= 0.6 is 23.2 Å². The summed E-state index contributed by atoms with van der Waals surface area (Å²) in [6.45, 7) is 1.53. The molecule has 0 saturated carbocycles. The van der Waals surface area contributed by atoms with E-state index in [0.717, 1.165) is 4.57 Å². The maximum atomic E-state index is 15.1. The molecule has 2 N–H and O–H groups in total. The molecule has 12 heteroatoms. The molecule has 2 aliphatic rings. The predicted octanol–water partition coefficient (Wildman–Crippen LogP) is 3.40. The number of carbonyl (C=O) groups is 1. The molecule has 1 aromatic heterocycles. The van der Waals surface area contributed by atoms with Gasteiger partial charge in [-0.05, 0) is 18.6 Å². The van der Waals surface area contributed by atoms with Gasteiger partial charge in [0.25, 0.3) is 5.56 Å². The van der Waals surface area contributed by atoms with Crippen LogP contribution in [0.5, 0.6) is 11.5 Å². The molecule has 4 atom stereocenters. The van der Waals surface area contributed by atoms with Gasteiger partial charge >= 0.3 is 5.69 Å². The number of benzene rings is 2. The van der Waals surface area contributed by atoms with E-state index in [9.17, 15) is 19.5 Å². The number of hydrogen-bond donors (Lipinski definition) is 2.